The van der Waals surface area contributed by atoms with Crippen molar-refractivity contribution in [2.45, 2.75) is 0 Å². The van der Waals surface area contributed by atoms with E-state index < -0.39 is 5.91 Å². The van der Waals surface area contributed by atoms with Crippen molar-refractivity contribution in [3.05, 3.63) is 47.9 Å². The highest BCUT2D eigenvalue weighted by atomic mass is 16.4. The van der Waals surface area contributed by atoms with E-state index in [0.717, 1.165) is 6.26 Å². The zero-order valence-electron chi connectivity index (χ0n) is 8.71. The maximum absolute atomic E-state index is 11.7. The Morgan fingerprint density at radius 1 is 1.24 bits per heavy atom. The monoisotopic (exact) mass is 231 g/mol. The molecule has 2 aromatic rings. The van der Waals surface area contributed by atoms with Crippen molar-refractivity contribution >= 4 is 17.8 Å². The Morgan fingerprint density at radius 2 is 1.94 bits per heavy atom. The highest BCUT2D eigenvalue weighted by Crippen LogP contribution is 2.09. The third-order valence-electron chi connectivity index (χ3n) is 2.01. The summed E-state index contributed by atoms with van der Waals surface area (Å²) in [5.74, 6) is -1.09. The van der Waals surface area contributed by atoms with Crippen LogP contribution in [0.2, 0.25) is 0 Å². The number of carbonyl (C=O) groups is 2. The first kappa shape index (κ1) is 10.9. The largest absolute Gasteiger partial charge is 0.431 e. The highest BCUT2D eigenvalue weighted by Gasteiger charge is 2.12. The molecule has 0 unspecified atom stereocenters. The molecule has 2 rings (SSSR count). The van der Waals surface area contributed by atoms with Crippen LogP contribution in [0.15, 0.2) is 41.0 Å². The van der Waals surface area contributed by atoms with Gasteiger partial charge in [-0.1, -0.05) is 18.2 Å². The van der Waals surface area contributed by atoms with Crippen molar-refractivity contribution in [1.29, 1.82) is 0 Å². The first-order valence-electron chi connectivity index (χ1n) is 4.78. The minimum absolute atomic E-state index is 0.0339. The second kappa shape index (κ2) is 4.48. The van der Waals surface area contributed by atoms with Gasteiger partial charge in [-0.3, -0.25) is 14.9 Å². The summed E-state index contributed by atoms with van der Waals surface area (Å²) in [4.78, 5) is 26.1. The van der Waals surface area contributed by atoms with E-state index in [1.807, 2.05) is 0 Å². The van der Waals surface area contributed by atoms with Crippen molar-refractivity contribution < 1.29 is 14.0 Å². The summed E-state index contributed by atoms with van der Waals surface area (Å²) in [5.41, 5.74) is 5.43. The number of hydrogen-bond donors (Lipinski definition) is 2. The van der Waals surface area contributed by atoms with Crippen LogP contribution < -0.4 is 11.1 Å². The quantitative estimate of drug-likeness (QED) is 0.823. The van der Waals surface area contributed by atoms with Crippen molar-refractivity contribution in [2.24, 2.45) is 5.73 Å². The first-order valence-corrected chi connectivity index (χ1v) is 4.78. The third kappa shape index (κ3) is 2.49. The van der Waals surface area contributed by atoms with Crippen molar-refractivity contribution in [1.82, 2.24) is 4.98 Å². The predicted molar refractivity (Wildman–Crippen MR) is 59.4 cm³/mol. The molecule has 0 aliphatic heterocycles. The van der Waals surface area contributed by atoms with Crippen LogP contribution in [-0.2, 0) is 0 Å². The van der Waals surface area contributed by atoms with Crippen molar-refractivity contribution in [3.8, 4) is 0 Å². The van der Waals surface area contributed by atoms with Gasteiger partial charge in [0.15, 0.2) is 5.69 Å². The van der Waals surface area contributed by atoms with E-state index in [-0.39, 0.29) is 17.6 Å². The molecule has 86 valence electrons. The molecule has 0 aliphatic rings. The summed E-state index contributed by atoms with van der Waals surface area (Å²) in [6.07, 6.45) is 1.09. The minimum Gasteiger partial charge on any atom is -0.431 e. The Bertz CT molecular complexity index is 548. The number of benzene rings is 1. The SMILES string of the molecule is NC(=O)c1coc(NC(=O)c2ccccc2)n1. The molecule has 6 heteroatoms. The fraction of sp³-hybridized carbons (Fsp3) is 0. The van der Waals surface area contributed by atoms with E-state index >= 15 is 0 Å². The van der Waals surface area contributed by atoms with Gasteiger partial charge in [-0.25, -0.2) is 0 Å². The lowest BCUT2D eigenvalue weighted by Crippen LogP contribution is -2.14. The summed E-state index contributed by atoms with van der Waals surface area (Å²) in [5, 5.41) is 2.41. The molecule has 0 saturated heterocycles. The van der Waals surface area contributed by atoms with Crippen molar-refractivity contribution in [2.75, 3.05) is 5.32 Å². The van der Waals surface area contributed by atoms with E-state index in [9.17, 15) is 9.59 Å². The Labute approximate surface area is 96.4 Å². The molecule has 17 heavy (non-hydrogen) atoms. The van der Waals surface area contributed by atoms with Gasteiger partial charge in [0.2, 0.25) is 0 Å². The summed E-state index contributed by atoms with van der Waals surface area (Å²) in [6, 6.07) is 8.50. The average Bonchev–Trinajstić information content (AvgIpc) is 2.79. The van der Waals surface area contributed by atoms with Crippen LogP contribution in [0.3, 0.4) is 0 Å². The van der Waals surface area contributed by atoms with E-state index in [1.165, 1.54) is 0 Å². The summed E-state index contributed by atoms with van der Waals surface area (Å²) in [6.45, 7) is 0. The number of anilines is 1. The molecule has 1 heterocycles. The van der Waals surface area contributed by atoms with Crippen LogP contribution >= 0.6 is 0 Å². The molecule has 2 amide bonds. The second-order valence-corrected chi connectivity index (χ2v) is 3.22. The zero-order valence-corrected chi connectivity index (χ0v) is 8.71. The molecule has 3 N–H and O–H groups in total. The van der Waals surface area contributed by atoms with Gasteiger partial charge in [-0.2, -0.15) is 4.98 Å². The second-order valence-electron chi connectivity index (χ2n) is 3.22. The summed E-state index contributed by atoms with van der Waals surface area (Å²) < 4.78 is 4.87. The van der Waals surface area contributed by atoms with Crippen LogP contribution in [-0.4, -0.2) is 16.8 Å². The van der Waals surface area contributed by atoms with Gasteiger partial charge in [-0.05, 0) is 12.1 Å². The van der Waals surface area contributed by atoms with Crippen molar-refractivity contribution in [3.63, 3.8) is 0 Å². The molecule has 0 radical (unpaired) electrons. The third-order valence-corrected chi connectivity index (χ3v) is 2.01. The smallest absolute Gasteiger partial charge is 0.302 e. The number of primary amides is 1. The van der Waals surface area contributed by atoms with Crippen LogP contribution in [0.5, 0.6) is 0 Å². The number of carbonyl (C=O) groups excluding carboxylic acids is 2. The standard InChI is InChI=1S/C11H9N3O3/c12-9(15)8-6-17-11(13-8)14-10(16)7-4-2-1-3-5-7/h1-6H,(H2,12,15)(H,13,14,16). The van der Waals surface area contributed by atoms with E-state index in [1.54, 1.807) is 30.3 Å². The predicted octanol–water partition coefficient (Wildman–Crippen LogP) is 1.03. The number of hydrogen-bond acceptors (Lipinski definition) is 4. The van der Waals surface area contributed by atoms with Gasteiger partial charge in [0.25, 0.3) is 11.8 Å². The number of aromatic nitrogens is 1. The molecule has 0 fully saturated rings. The Kier molecular flexibility index (Phi) is 2.87. The molecular weight excluding hydrogens is 222 g/mol. The molecule has 0 aliphatic carbocycles. The number of nitrogens with zero attached hydrogens (tertiary/aromatic N) is 1. The number of nitrogens with one attached hydrogen (secondary N) is 1. The van der Waals surface area contributed by atoms with Gasteiger partial charge < -0.3 is 10.2 Å². The van der Waals surface area contributed by atoms with Gasteiger partial charge in [-0.15, -0.1) is 0 Å². The van der Waals surface area contributed by atoms with E-state index in [2.05, 4.69) is 10.3 Å². The lowest BCUT2D eigenvalue weighted by atomic mass is 10.2. The number of amides is 2. The topological polar surface area (TPSA) is 98.2 Å². The van der Waals surface area contributed by atoms with Gasteiger partial charge in [0.1, 0.15) is 6.26 Å². The van der Waals surface area contributed by atoms with Gasteiger partial charge in [0.05, 0.1) is 0 Å². The average molecular weight is 231 g/mol. The molecule has 6 nitrogen and oxygen atoms in total. The van der Waals surface area contributed by atoms with Crippen LogP contribution in [0.25, 0.3) is 0 Å². The fourth-order valence-electron chi connectivity index (χ4n) is 1.20. The molecule has 1 aromatic heterocycles. The summed E-state index contributed by atoms with van der Waals surface area (Å²) >= 11 is 0. The molecule has 1 aromatic carbocycles. The normalized spacial score (nSPS) is 9.88. The Hall–Kier alpha value is -2.63. The minimum atomic E-state index is -0.714. The number of nitrogens with two attached hydrogens (primary N) is 1. The van der Waals surface area contributed by atoms with E-state index in [0.29, 0.717) is 5.56 Å². The molecule has 0 atom stereocenters. The fourth-order valence-corrected chi connectivity index (χ4v) is 1.20. The Morgan fingerprint density at radius 3 is 2.53 bits per heavy atom. The molecular formula is C11H9N3O3. The molecule has 0 spiro atoms. The summed E-state index contributed by atoms with van der Waals surface area (Å²) in [7, 11) is 0. The van der Waals surface area contributed by atoms with E-state index in [4.69, 9.17) is 10.2 Å². The van der Waals surface area contributed by atoms with Crippen LogP contribution in [0.1, 0.15) is 20.8 Å². The maximum Gasteiger partial charge on any atom is 0.302 e. The maximum atomic E-state index is 11.7. The zero-order chi connectivity index (χ0) is 12.3. The highest BCUT2D eigenvalue weighted by molar-refractivity contribution is 6.03. The first-order chi connectivity index (χ1) is 8.16. The lowest BCUT2D eigenvalue weighted by molar-refractivity contribution is 0.0992. The lowest BCUT2D eigenvalue weighted by Gasteiger charge is -1.99. The van der Waals surface area contributed by atoms with Gasteiger partial charge in [0, 0.05) is 5.56 Å². The van der Waals surface area contributed by atoms with Gasteiger partial charge >= 0.3 is 6.01 Å². The van der Waals surface area contributed by atoms with Crippen LogP contribution in [0, 0.1) is 0 Å². The Balaban J connectivity index is 2.11. The number of rotatable bonds is 3. The molecule has 0 bridgehead atoms. The number of oxazole rings is 1. The molecule has 0 saturated carbocycles. The van der Waals surface area contributed by atoms with Crippen LogP contribution in [0.4, 0.5) is 6.01 Å².